The molecule has 1 rings (SSSR count). The van der Waals surface area contributed by atoms with Crippen molar-refractivity contribution in [1.29, 1.82) is 0 Å². The van der Waals surface area contributed by atoms with Gasteiger partial charge in [-0.1, -0.05) is 25.7 Å². The summed E-state index contributed by atoms with van der Waals surface area (Å²) in [7, 11) is 1.86. The summed E-state index contributed by atoms with van der Waals surface area (Å²) in [6.07, 6.45) is 7.00. The Morgan fingerprint density at radius 1 is 1.15 bits per heavy atom. The van der Waals surface area contributed by atoms with Crippen LogP contribution in [0, 0.1) is 0 Å². The number of rotatable bonds is 5. The molecule has 0 heterocycles. The van der Waals surface area contributed by atoms with Crippen LogP contribution in [0.5, 0.6) is 0 Å². The van der Waals surface area contributed by atoms with Crippen molar-refractivity contribution in [2.45, 2.75) is 70.9 Å². The Hall–Kier alpha value is -1.26. The van der Waals surface area contributed by atoms with E-state index in [0.717, 1.165) is 12.8 Å². The van der Waals surface area contributed by atoms with Crippen molar-refractivity contribution in [3.63, 3.8) is 0 Å². The van der Waals surface area contributed by atoms with E-state index in [1.54, 1.807) is 4.90 Å². The minimum Gasteiger partial charge on any atom is -0.481 e. The van der Waals surface area contributed by atoms with Gasteiger partial charge in [0.05, 0.1) is 6.42 Å². The molecule has 0 aromatic carbocycles. The topological polar surface area (TPSA) is 60.9 Å². The van der Waals surface area contributed by atoms with Gasteiger partial charge in [-0.05, 0) is 26.7 Å². The van der Waals surface area contributed by atoms with Crippen LogP contribution in [-0.2, 0) is 4.79 Å². The van der Waals surface area contributed by atoms with Gasteiger partial charge < -0.3 is 14.9 Å². The maximum atomic E-state index is 12.6. The van der Waals surface area contributed by atoms with Crippen LogP contribution in [0.3, 0.4) is 0 Å². The molecule has 1 aliphatic rings. The fourth-order valence-corrected chi connectivity index (χ4v) is 2.79. The molecule has 0 radical (unpaired) electrons. The first-order chi connectivity index (χ1) is 9.43. The van der Waals surface area contributed by atoms with E-state index in [2.05, 4.69) is 0 Å². The SMILES string of the molecule is CC(C)N(CCC(=O)O)C(=O)N(C)C1CCCCCC1. The van der Waals surface area contributed by atoms with E-state index in [1.165, 1.54) is 25.7 Å². The van der Waals surface area contributed by atoms with Crippen LogP contribution in [0.25, 0.3) is 0 Å². The van der Waals surface area contributed by atoms with E-state index in [9.17, 15) is 9.59 Å². The van der Waals surface area contributed by atoms with E-state index in [-0.39, 0.29) is 25.0 Å². The maximum Gasteiger partial charge on any atom is 0.320 e. The molecule has 0 bridgehead atoms. The quantitative estimate of drug-likeness (QED) is 0.790. The molecule has 0 atom stereocenters. The molecule has 1 fully saturated rings. The summed E-state index contributed by atoms with van der Waals surface area (Å²) in [5, 5.41) is 8.80. The van der Waals surface area contributed by atoms with E-state index >= 15 is 0 Å². The molecule has 5 heteroatoms. The van der Waals surface area contributed by atoms with Gasteiger partial charge in [-0.15, -0.1) is 0 Å². The Labute approximate surface area is 121 Å². The first-order valence-corrected chi connectivity index (χ1v) is 7.68. The molecule has 1 N–H and O–H groups in total. The van der Waals surface area contributed by atoms with Crippen molar-refractivity contribution >= 4 is 12.0 Å². The molecular formula is C15H28N2O3. The van der Waals surface area contributed by atoms with Crippen molar-refractivity contribution < 1.29 is 14.7 Å². The van der Waals surface area contributed by atoms with Crippen molar-refractivity contribution in [2.24, 2.45) is 0 Å². The Kier molecular flexibility index (Phi) is 6.82. The molecule has 1 saturated carbocycles. The van der Waals surface area contributed by atoms with Crippen molar-refractivity contribution in [3.8, 4) is 0 Å². The van der Waals surface area contributed by atoms with Crippen molar-refractivity contribution in [3.05, 3.63) is 0 Å². The van der Waals surface area contributed by atoms with Crippen molar-refractivity contribution in [2.75, 3.05) is 13.6 Å². The van der Waals surface area contributed by atoms with E-state index in [1.807, 2.05) is 25.8 Å². The minimum atomic E-state index is -0.861. The largest absolute Gasteiger partial charge is 0.481 e. The molecule has 116 valence electrons. The summed E-state index contributed by atoms with van der Waals surface area (Å²) >= 11 is 0. The molecule has 20 heavy (non-hydrogen) atoms. The van der Waals surface area contributed by atoms with Crippen LogP contribution in [0.2, 0.25) is 0 Å². The summed E-state index contributed by atoms with van der Waals surface area (Å²) in [6.45, 7) is 4.14. The highest BCUT2D eigenvalue weighted by Gasteiger charge is 2.26. The number of aliphatic carboxylic acids is 1. The highest BCUT2D eigenvalue weighted by Crippen LogP contribution is 2.22. The number of carboxylic acid groups (broad SMARTS) is 1. The number of amides is 2. The normalized spacial score (nSPS) is 16.8. The van der Waals surface area contributed by atoms with Gasteiger partial charge in [0.25, 0.3) is 0 Å². The van der Waals surface area contributed by atoms with Crippen molar-refractivity contribution in [1.82, 2.24) is 9.80 Å². The van der Waals surface area contributed by atoms with Gasteiger partial charge in [-0.25, -0.2) is 4.79 Å². The first-order valence-electron chi connectivity index (χ1n) is 7.68. The van der Waals surface area contributed by atoms with Gasteiger partial charge in [-0.3, -0.25) is 4.79 Å². The predicted octanol–water partition coefficient (Wildman–Crippen LogP) is 2.95. The van der Waals surface area contributed by atoms with Crippen LogP contribution in [0.15, 0.2) is 0 Å². The lowest BCUT2D eigenvalue weighted by Gasteiger charge is -2.35. The van der Waals surface area contributed by atoms with Crippen LogP contribution < -0.4 is 0 Å². The molecule has 2 amide bonds. The number of hydrogen-bond acceptors (Lipinski definition) is 2. The Balaban J connectivity index is 2.64. The number of carbonyl (C=O) groups is 2. The van der Waals surface area contributed by atoms with E-state index in [4.69, 9.17) is 5.11 Å². The number of urea groups is 1. The summed E-state index contributed by atoms with van der Waals surface area (Å²) in [4.78, 5) is 26.8. The zero-order valence-corrected chi connectivity index (χ0v) is 13.0. The van der Waals surface area contributed by atoms with Gasteiger partial charge in [0.2, 0.25) is 0 Å². The summed E-state index contributed by atoms with van der Waals surface area (Å²) in [5.41, 5.74) is 0. The fraction of sp³-hybridized carbons (Fsp3) is 0.867. The molecule has 0 spiro atoms. The van der Waals surface area contributed by atoms with Crippen LogP contribution in [0.4, 0.5) is 4.79 Å². The molecule has 0 aromatic heterocycles. The highest BCUT2D eigenvalue weighted by molar-refractivity contribution is 5.76. The minimum absolute atomic E-state index is 0.00241. The second-order valence-electron chi connectivity index (χ2n) is 5.97. The third-order valence-corrected chi connectivity index (χ3v) is 4.11. The third kappa shape index (κ3) is 5.02. The first kappa shape index (κ1) is 16.8. The van der Waals surface area contributed by atoms with Gasteiger partial charge in [0, 0.05) is 25.7 Å². The average molecular weight is 284 g/mol. The van der Waals surface area contributed by atoms with Gasteiger partial charge in [0.1, 0.15) is 0 Å². The van der Waals surface area contributed by atoms with Gasteiger partial charge in [0.15, 0.2) is 0 Å². The average Bonchev–Trinajstić information content (AvgIpc) is 2.65. The molecule has 0 unspecified atom stereocenters. The molecule has 5 nitrogen and oxygen atoms in total. The Morgan fingerprint density at radius 3 is 2.15 bits per heavy atom. The number of carbonyl (C=O) groups excluding carboxylic acids is 1. The molecule has 1 aliphatic carbocycles. The number of carboxylic acids is 1. The van der Waals surface area contributed by atoms with E-state index < -0.39 is 5.97 Å². The van der Waals surface area contributed by atoms with Gasteiger partial charge in [-0.2, -0.15) is 0 Å². The Morgan fingerprint density at radius 2 is 1.70 bits per heavy atom. The third-order valence-electron chi connectivity index (χ3n) is 4.11. The second-order valence-corrected chi connectivity index (χ2v) is 5.97. The zero-order valence-electron chi connectivity index (χ0n) is 13.0. The Bertz CT molecular complexity index is 323. The monoisotopic (exact) mass is 284 g/mol. The second kappa shape index (κ2) is 8.12. The lowest BCUT2D eigenvalue weighted by molar-refractivity contribution is -0.137. The fourth-order valence-electron chi connectivity index (χ4n) is 2.79. The molecule has 0 aliphatic heterocycles. The van der Waals surface area contributed by atoms with Crippen LogP contribution >= 0.6 is 0 Å². The predicted molar refractivity (Wildman–Crippen MR) is 78.7 cm³/mol. The summed E-state index contributed by atoms with van der Waals surface area (Å²) in [6, 6.07) is 0.291. The highest BCUT2D eigenvalue weighted by atomic mass is 16.4. The van der Waals surface area contributed by atoms with Crippen LogP contribution in [0.1, 0.15) is 58.8 Å². The van der Waals surface area contributed by atoms with Crippen LogP contribution in [-0.4, -0.2) is 52.6 Å². The van der Waals surface area contributed by atoms with Gasteiger partial charge >= 0.3 is 12.0 Å². The number of hydrogen-bond donors (Lipinski definition) is 1. The van der Waals surface area contributed by atoms with E-state index in [0.29, 0.717) is 6.04 Å². The standard InChI is InChI=1S/C15H28N2O3/c1-12(2)17(11-10-14(18)19)15(20)16(3)13-8-6-4-5-7-9-13/h12-13H,4-11H2,1-3H3,(H,18,19). The molecular weight excluding hydrogens is 256 g/mol. The lowest BCUT2D eigenvalue weighted by Crippen LogP contribution is -2.49. The zero-order chi connectivity index (χ0) is 15.1. The molecule has 0 saturated heterocycles. The maximum absolute atomic E-state index is 12.6. The lowest BCUT2D eigenvalue weighted by atomic mass is 10.1. The number of nitrogens with zero attached hydrogens (tertiary/aromatic N) is 2. The molecule has 0 aromatic rings. The summed E-state index contributed by atoms with van der Waals surface area (Å²) < 4.78 is 0. The summed E-state index contributed by atoms with van der Waals surface area (Å²) in [5.74, 6) is -0.861. The smallest absolute Gasteiger partial charge is 0.320 e.